The number of hydrogen-bond donors (Lipinski definition) is 2. The smallest absolute Gasteiger partial charge is 0.309 e. The number of likely N-dealkylation sites (N-methyl/N-ethyl adjacent to an activating group) is 2. The Labute approximate surface area is 251 Å². The number of carboxylic acids is 2. The summed E-state index contributed by atoms with van der Waals surface area (Å²) >= 11 is 0. The van der Waals surface area contributed by atoms with Crippen molar-refractivity contribution in [1.82, 2.24) is 19.6 Å². The third kappa shape index (κ3) is 9.76. The second-order valence-electron chi connectivity index (χ2n) is 12.3. The van der Waals surface area contributed by atoms with Gasteiger partial charge < -0.3 is 24.7 Å². The van der Waals surface area contributed by atoms with Crippen LogP contribution in [0, 0.1) is 17.8 Å². The zero-order chi connectivity index (χ0) is 29.4. The number of piperazine rings is 2. The second kappa shape index (κ2) is 16.4. The number of hydrogen-bond acceptors (Lipinski definition) is 8. The lowest BCUT2D eigenvalue weighted by molar-refractivity contribution is -0.143. The van der Waals surface area contributed by atoms with Crippen molar-refractivity contribution in [2.45, 2.75) is 64.1 Å². The molecule has 0 aromatic heterocycles. The van der Waals surface area contributed by atoms with Gasteiger partial charge in [-0.15, -0.1) is 0 Å². The van der Waals surface area contributed by atoms with Crippen LogP contribution in [0.5, 0.6) is 0 Å². The third-order valence-electron chi connectivity index (χ3n) is 9.21. The van der Waals surface area contributed by atoms with E-state index in [9.17, 15) is 14.4 Å². The maximum absolute atomic E-state index is 11.0. The Morgan fingerprint density at radius 3 is 1.50 bits per heavy atom. The predicted molar refractivity (Wildman–Crippen MR) is 163 cm³/mol. The van der Waals surface area contributed by atoms with Crippen molar-refractivity contribution in [1.29, 1.82) is 0 Å². The van der Waals surface area contributed by atoms with E-state index in [2.05, 4.69) is 45.8 Å². The molecule has 10 nitrogen and oxygen atoms in total. The lowest BCUT2D eigenvalue weighted by Crippen LogP contribution is -2.49. The van der Waals surface area contributed by atoms with Gasteiger partial charge in [0.25, 0.3) is 0 Å². The van der Waals surface area contributed by atoms with Gasteiger partial charge in [0.05, 0.1) is 17.8 Å². The zero-order valence-electron chi connectivity index (χ0n) is 24.6. The van der Waals surface area contributed by atoms with Crippen LogP contribution in [-0.2, 0) is 19.1 Å². The fourth-order valence-electron chi connectivity index (χ4n) is 6.36. The molecule has 0 saturated carbocycles. The number of rotatable bonds is 4. The number of carbonyl (C=O) groups is 3. The lowest BCUT2D eigenvalue weighted by atomic mass is 9.90. The van der Waals surface area contributed by atoms with E-state index in [1.54, 1.807) is 0 Å². The molecule has 6 aliphatic rings. The monoisotopic (exact) mass is 588 g/mol. The standard InChI is InChI=1S/2C12H20N2O2.C7H8O2.CH4/c2*1-13-5-7-14(8-6-13)11-4-2-3-10(9-11)12(15)16;8-7-5-2-1-3-6(4-5)9-7;/h2*2,4,10-11H,3,5-9H2,1H3,(H,15,16);1,3,5-6H,2,4H2;1H4/t2*10-,11+;;/m10../s1. The highest BCUT2D eigenvalue weighted by Gasteiger charge is 2.34. The first kappa shape index (κ1) is 34.0. The van der Waals surface area contributed by atoms with Crippen LogP contribution in [0.4, 0.5) is 0 Å². The molecular weight excluding hydrogens is 536 g/mol. The summed E-state index contributed by atoms with van der Waals surface area (Å²) in [6, 6.07) is 0.673. The molecule has 236 valence electrons. The molecule has 3 heterocycles. The molecule has 42 heavy (non-hydrogen) atoms. The number of allylic oxidation sites excluding steroid dienone is 3. The number of esters is 1. The Bertz CT molecular complexity index is 925. The van der Waals surface area contributed by atoms with Crippen molar-refractivity contribution >= 4 is 17.9 Å². The summed E-state index contributed by atoms with van der Waals surface area (Å²) in [7, 11) is 4.27. The van der Waals surface area contributed by atoms with Crippen molar-refractivity contribution in [3.05, 3.63) is 36.5 Å². The van der Waals surface area contributed by atoms with E-state index in [-0.39, 0.29) is 37.3 Å². The van der Waals surface area contributed by atoms with E-state index in [1.807, 2.05) is 24.3 Å². The van der Waals surface area contributed by atoms with Gasteiger partial charge >= 0.3 is 17.9 Å². The van der Waals surface area contributed by atoms with Gasteiger partial charge in [-0.2, -0.15) is 0 Å². The molecule has 2 bridgehead atoms. The summed E-state index contributed by atoms with van der Waals surface area (Å²) < 4.78 is 4.96. The number of nitrogens with zero attached hydrogens (tertiary/aromatic N) is 4. The van der Waals surface area contributed by atoms with Gasteiger partial charge in [-0.05, 0) is 52.3 Å². The van der Waals surface area contributed by atoms with Crippen LogP contribution in [0.2, 0.25) is 0 Å². The number of ether oxygens (including phenoxy) is 1. The second-order valence-corrected chi connectivity index (χ2v) is 12.3. The SMILES string of the molecule is C.CN1CCN([C@@H]2C=CC[C@H](C(=O)O)C2)CC1.CN1CCN([C@H]2C=CC[C@@H](C(=O)O)C2)CC1.O=C1OC2C=CCC1C2. The molecule has 0 amide bonds. The molecule has 3 aliphatic heterocycles. The van der Waals surface area contributed by atoms with Crippen molar-refractivity contribution in [3.63, 3.8) is 0 Å². The molecular formula is C32H52N4O6. The number of aliphatic carboxylic acids is 2. The molecule has 3 aliphatic carbocycles. The summed E-state index contributed by atoms with van der Waals surface area (Å²) in [5.74, 6) is -1.50. The summed E-state index contributed by atoms with van der Waals surface area (Å²) in [6.07, 6.45) is 17.3. The lowest BCUT2D eigenvalue weighted by Gasteiger charge is -2.38. The predicted octanol–water partition coefficient (Wildman–Crippen LogP) is 2.82. The number of fused-ring (bicyclic) bond motifs is 2. The molecule has 6 rings (SSSR count). The van der Waals surface area contributed by atoms with Crippen LogP contribution in [0.25, 0.3) is 0 Å². The van der Waals surface area contributed by atoms with Crippen LogP contribution >= 0.6 is 0 Å². The zero-order valence-corrected chi connectivity index (χ0v) is 24.6. The molecule has 6 atom stereocenters. The molecule has 3 saturated heterocycles. The van der Waals surface area contributed by atoms with Crippen LogP contribution in [-0.4, -0.2) is 132 Å². The Morgan fingerprint density at radius 1 is 0.690 bits per heavy atom. The van der Waals surface area contributed by atoms with Crippen LogP contribution in [0.3, 0.4) is 0 Å². The highest BCUT2D eigenvalue weighted by molar-refractivity contribution is 5.75. The van der Waals surface area contributed by atoms with Crippen molar-refractivity contribution in [2.75, 3.05) is 66.5 Å². The van der Waals surface area contributed by atoms with Crippen molar-refractivity contribution in [2.24, 2.45) is 17.8 Å². The molecule has 3 fully saturated rings. The van der Waals surface area contributed by atoms with Gasteiger partial charge in [-0.1, -0.05) is 37.8 Å². The Morgan fingerprint density at radius 2 is 1.12 bits per heavy atom. The molecule has 2 unspecified atom stereocenters. The molecule has 10 heteroatoms. The Hall–Kier alpha value is -2.53. The van der Waals surface area contributed by atoms with E-state index < -0.39 is 11.9 Å². The Kier molecular flexibility index (Phi) is 13.2. The average Bonchev–Trinajstić information content (AvgIpc) is 3.24. The third-order valence-corrected chi connectivity index (χ3v) is 9.21. The van der Waals surface area contributed by atoms with E-state index in [4.69, 9.17) is 14.9 Å². The molecule has 0 aromatic rings. The maximum Gasteiger partial charge on any atom is 0.309 e. The van der Waals surface area contributed by atoms with Gasteiger partial charge in [0.2, 0.25) is 0 Å². The molecule has 0 spiro atoms. The number of carbonyl (C=O) groups excluding carboxylic acids is 1. The summed E-state index contributed by atoms with van der Waals surface area (Å²) in [6.45, 7) is 8.56. The average molecular weight is 589 g/mol. The first-order chi connectivity index (χ1) is 19.7. The Balaban J connectivity index is 0.000000177. The quantitative estimate of drug-likeness (QED) is 0.375. The van der Waals surface area contributed by atoms with Crippen LogP contribution in [0.1, 0.15) is 46.0 Å². The molecule has 2 N–H and O–H groups in total. The van der Waals surface area contributed by atoms with Crippen molar-refractivity contribution < 1.29 is 29.3 Å². The van der Waals surface area contributed by atoms with E-state index in [0.29, 0.717) is 24.9 Å². The highest BCUT2D eigenvalue weighted by Crippen LogP contribution is 2.29. The minimum atomic E-state index is -0.650. The minimum absolute atomic E-state index is 0. The van der Waals surface area contributed by atoms with Crippen LogP contribution in [0.15, 0.2) is 36.5 Å². The molecule has 0 aromatic carbocycles. The van der Waals surface area contributed by atoms with Crippen LogP contribution < -0.4 is 0 Å². The summed E-state index contributed by atoms with van der Waals surface area (Å²) in [4.78, 5) is 42.2. The minimum Gasteiger partial charge on any atom is -0.481 e. The van der Waals surface area contributed by atoms with Gasteiger partial charge in [-0.3, -0.25) is 24.2 Å². The topological polar surface area (TPSA) is 114 Å². The van der Waals surface area contributed by atoms with Gasteiger partial charge in [0, 0.05) is 70.9 Å². The maximum atomic E-state index is 11.0. The fraction of sp³-hybridized carbons (Fsp3) is 0.719. The van der Waals surface area contributed by atoms with Crippen molar-refractivity contribution in [3.8, 4) is 0 Å². The normalized spacial score (nSPS) is 33.3. The first-order valence-corrected chi connectivity index (χ1v) is 15.2. The summed E-state index contributed by atoms with van der Waals surface area (Å²) in [5, 5.41) is 18.1. The fourth-order valence-corrected chi connectivity index (χ4v) is 6.36. The van der Waals surface area contributed by atoms with Gasteiger partial charge in [0.1, 0.15) is 6.10 Å². The summed E-state index contributed by atoms with van der Waals surface area (Å²) in [5.41, 5.74) is 0. The number of carboxylic acid groups (broad SMARTS) is 2. The van der Waals surface area contributed by atoms with Gasteiger partial charge in [0.15, 0.2) is 0 Å². The molecule has 0 radical (unpaired) electrons. The van der Waals surface area contributed by atoms with E-state index in [0.717, 1.165) is 78.0 Å². The highest BCUT2D eigenvalue weighted by atomic mass is 16.5. The first-order valence-electron chi connectivity index (χ1n) is 15.2. The van der Waals surface area contributed by atoms with Gasteiger partial charge in [-0.25, -0.2) is 0 Å². The van der Waals surface area contributed by atoms with E-state index >= 15 is 0 Å². The van der Waals surface area contributed by atoms with E-state index in [1.165, 1.54) is 0 Å². The largest absolute Gasteiger partial charge is 0.481 e.